The molecule has 1 aromatic carbocycles. The number of pyridine rings is 2. The number of benzene rings is 1. The quantitative estimate of drug-likeness (QED) is 0.341. The van der Waals surface area contributed by atoms with Gasteiger partial charge in [0.2, 0.25) is 0 Å². The van der Waals surface area contributed by atoms with E-state index in [-0.39, 0.29) is 34.5 Å². The van der Waals surface area contributed by atoms with Crippen LogP contribution in [0.25, 0.3) is 28.1 Å². The van der Waals surface area contributed by atoms with Crippen molar-refractivity contribution in [1.82, 2.24) is 39.7 Å². The molecule has 196 valence electrons. The fourth-order valence-electron chi connectivity index (χ4n) is 5.50. The predicted octanol–water partition coefficient (Wildman–Crippen LogP) is 4.24. The van der Waals surface area contributed by atoms with Gasteiger partial charge in [-0.3, -0.25) is 4.79 Å². The maximum atomic E-state index is 13.6. The lowest BCUT2D eigenvalue weighted by Crippen LogP contribution is -2.26. The van der Waals surface area contributed by atoms with Crippen LogP contribution in [0, 0.1) is 5.92 Å². The highest BCUT2D eigenvalue weighted by Crippen LogP contribution is 2.60. The van der Waals surface area contributed by atoms with E-state index >= 15 is 0 Å². The third kappa shape index (κ3) is 3.80. The minimum absolute atomic E-state index is 0.0944. The Morgan fingerprint density at radius 1 is 1.10 bits per heavy atom. The van der Waals surface area contributed by atoms with Gasteiger partial charge in [-0.1, -0.05) is 11.6 Å². The Balaban J connectivity index is 1.30. The lowest BCUT2D eigenvalue weighted by molar-refractivity contribution is -0.140. The first-order chi connectivity index (χ1) is 18.7. The standard InChI is InChI=1S/C25H17ClF3N9O/c26-12-1-3-18(37-10-32-35-36-37)14(7-12)11-5-19-15-8-16(15)22(38(19)21(39)6-11)24-31-9-17(33-24)13-2-4-20(30)34-23(13)25(27,28)29/h1-7,9-10,15-16,22H,8H2,(H2,30,34)(H,31,33). The Morgan fingerprint density at radius 2 is 1.95 bits per heavy atom. The van der Waals surface area contributed by atoms with Gasteiger partial charge in [0.1, 0.15) is 18.0 Å². The van der Waals surface area contributed by atoms with Gasteiger partial charge in [0.25, 0.3) is 5.56 Å². The zero-order chi connectivity index (χ0) is 27.1. The summed E-state index contributed by atoms with van der Waals surface area (Å²) in [7, 11) is 0. The highest BCUT2D eigenvalue weighted by atomic mass is 35.5. The van der Waals surface area contributed by atoms with Crippen molar-refractivity contribution in [2.24, 2.45) is 5.92 Å². The molecule has 1 saturated carbocycles. The summed E-state index contributed by atoms with van der Waals surface area (Å²) in [6.07, 6.45) is -1.09. The van der Waals surface area contributed by atoms with E-state index in [1.165, 1.54) is 35.4 Å². The molecule has 1 fully saturated rings. The number of hydrogen-bond donors (Lipinski definition) is 2. The Labute approximate surface area is 222 Å². The summed E-state index contributed by atoms with van der Waals surface area (Å²) in [4.78, 5) is 24.4. The maximum absolute atomic E-state index is 13.6. The van der Waals surface area contributed by atoms with E-state index in [1.54, 1.807) is 22.8 Å². The van der Waals surface area contributed by atoms with Crippen molar-refractivity contribution < 1.29 is 13.2 Å². The number of imidazole rings is 1. The van der Waals surface area contributed by atoms with Crippen LogP contribution in [-0.4, -0.2) is 39.7 Å². The van der Waals surface area contributed by atoms with E-state index in [0.717, 1.165) is 12.1 Å². The second-order valence-corrected chi connectivity index (χ2v) is 9.99. The summed E-state index contributed by atoms with van der Waals surface area (Å²) in [6.45, 7) is 0. The van der Waals surface area contributed by atoms with Crippen molar-refractivity contribution in [2.75, 3.05) is 5.73 Å². The van der Waals surface area contributed by atoms with Crippen LogP contribution in [0.15, 0.2) is 59.8 Å². The molecule has 3 unspecified atom stereocenters. The number of nitrogen functional groups attached to an aromatic ring is 1. The number of aromatic amines is 1. The van der Waals surface area contributed by atoms with Crippen molar-refractivity contribution in [1.29, 1.82) is 0 Å². The maximum Gasteiger partial charge on any atom is 0.434 e. The second kappa shape index (κ2) is 8.24. The molecule has 0 radical (unpaired) electrons. The third-order valence-corrected chi connectivity index (χ3v) is 7.45. The average molecular weight is 552 g/mol. The number of tetrazole rings is 1. The molecule has 0 amide bonds. The number of halogens is 4. The Kier molecular flexibility index (Phi) is 4.98. The van der Waals surface area contributed by atoms with Crippen LogP contribution in [0.3, 0.4) is 0 Å². The second-order valence-electron chi connectivity index (χ2n) is 9.56. The summed E-state index contributed by atoms with van der Waals surface area (Å²) in [5.41, 5.74) is 6.96. The first kappa shape index (κ1) is 23.6. The van der Waals surface area contributed by atoms with E-state index in [1.807, 2.05) is 6.07 Å². The number of anilines is 1. The highest BCUT2D eigenvalue weighted by Gasteiger charge is 2.54. The van der Waals surface area contributed by atoms with Gasteiger partial charge in [0.05, 0.1) is 23.6 Å². The Bertz CT molecular complexity index is 1810. The topological polar surface area (TPSA) is 133 Å². The number of H-pyrrole nitrogens is 1. The molecule has 5 aromatic rings. The van der Waals surface area contributed by atoms with Crippen LogP contribution in [-0.2, 0) is 6.18 Å². The fraction of sp³-hybridized carbons (Fsp3) is 0.200. The molecular weight excluding hydrogens is 535 g/mol. The van der Waals surface area contributed by atoms with Gasteiger partial charge >= 0.3 is 6.18 Å². The Morgan fingerprint density at radius 3 is 2.72 bits per heavy atom. The molecule has 0 bridgehead atoms. The molecule has 5 heterocycles. The first-order valence-electron chi connectivity index (χ1n) is 11.9. The van der Waals surface area contributed by atoms with Gasteiger partial charge in [-0.05, 0) is 64.7 Å². The number of alkyl halides is 3. The lowest BCUT2D eigenvalue weighted by Gasteiger charge is -2.18. The monoisotopic (exact) mass is 551 g/mol. The highest BCUT2D eigenvalue weighted by molar-refractivity contribution is 6.31. The molecule has 0 spiro atoms. The predicted molar refractivity (Wildman–Crippen MR) is 134 cm³/mol. The van der Waals surface area contributed by atoms with Gasteiger partial charge in [0, 0.05) is 33.8 Å². The minimum Gasteiger partial charge on any atom is -0.384 e. The van der Waals surface area contributed by atoms with Gasteiger partial charge < -0.3 is 15.3 Å². The summed E-state index contributed by atoms with van der Waals surface area (Å²) < 4.78 is 44.1. The molecule has 14 heteroatoms. The van der Waals surface area contributed by atoms with E-state index in [4.69, 9.17) is 17.3 Å². The van der Waals surface area contributed by atoms with Crippen molar-refractivity contribution in [3.63, 3.8) is 0 Å². The average Bonchev–Trinajstić information content (AvgIpc) is 3.25. The fourth-order valence-corrected chi connectivity index (χ4v) is 5.67. The molecular formula is C25H17ClF3N9O. The van der Waals surface area contributed by atoms with Gasteiger partial charge in [0.15, 0.2) is 5.69 Å². The van der Waals surface area contributed by atoms with Crippen LogP contribution in [0.4, 0.5) is 19.0 Å². The molecule has 39 heavy (non-hydrogen) atoms. The van der Waals surface area contributed by atoms with Crippen LogP contribution in [0.2, 0.25) is 5.02 Å². The molecule has 3 N–H and O–H groups in total. The van der Waals surface area contributed by atoms with Crippen molar-refractivity contribution in [3.8, 4) is 28.1 Å². The number of rotatable bonds is 4. The SMILES string of the molecule is Nc1ccc(-c2cnc(C3C4CC4c4cc(-c5cc(Cl)ccc5-n5cnnn5)cc(=O)n43)[nH]2)c(C(F)(F)F)n1. The normalized spacial score (nSPS) is 19.6. The summed E-state index contributed by atoms with van der Waals surface area (Å²) in [6, 6.07) is 10.8. The molecule has 4 aromatic heterocycles. The third-order valence-electron chi connectivity index (χ3n) is 7.22. The number of hydrogen-bond acceptors (Lipinski definition) is 7. The zero-order valence-corrected chi connectivity index (χ0v) is 20.5. The van der Waals surface area contributed by atoms with Gasteiger partial charge in [-0.25, -0.2) is 9.97 Å². The molecule has 10 nitrogen and oxygen atoms in total. The smallest absolute Gasteiger partial charge is 0.384 e. The number of nitrogens with zero attached hydrogens (tertiary/aromatic N) is 7. The van der Waals surface area contributed by atoms with Crippen molar-refractivity contribution in [2.45, 2.75) is 24.6 Å². The molecule has 1 aliphatic carbocycles. The number of fused-ring (bicyclic) bond motifs is 3. The van der Waals surface area contributed by atoms with Crippen molar-refractivity contribution in [3.05, 3.63) is 87.6 Å². The van der Waals surface area contributed by atoms with E-state index < -0.39 is 17.9 Å². The van der Waals surface area contributed by atoms with E-state index in [0.29, 0.717) is 27.7 Å². The summed E-state index contributed by atoms with van der Waals surface area (Å²) >= 11 is 6.29. The number of nitrogens with two attached hydrogens (primary N) is 1. The molecule has 0 saturated heterocycles. The van der Waals surface area contributed by atoms with Crippen LogP contribution in [0.1, 0.15) is 35.6 Å². The zero-order valence-electron chi connectivity index (χ0n) is 19.8. The van der Waals surface area contributed by atoms with Crippen LogP contribution >= 0.6 is 11.6 Å². The van der Waals surface area contributed by atoms with E-state index in [9.17, 15) is 18.0 Å². The number of nitrogens with one attached hydrogen (secondary N) is 1. The summed E-state index contributed by atoms with van der Waals surface area (Å²) in [5, 5.41) is 11.8. The summed E-state index contributed by atoms with van der Waals surface area (Å²) in [5.74, 6) is 0.391. The number of aromatic nitrogens is 8. The van der Waals surface area contributed by atoms with Crippen molar-refractivity contribution >= 4 is 17.4 Å². The van der Waals surface area contributed by atoms with Crippen LogP contribution in [0.5, 0.6) is 0 Å². The minimum atomic E-state index is -4.70. The molecule has 2 aliphatic rings. The molecule has 3 atom stereocenters. The van der Waals surface area contributed by atoms with E-state index in [2.05, 4.69) is 30.5 Å². The van der Waals surface area contributed by atoms with Crippen LogP contribution < -0.4 is 11.3 Å². The molecule has 7 rings (SSSR count). The Hall–Kier alpha value is -4.52. The largest absolute Gasteiger partial charge is 0.434 e. The van der Waals surface area contributed by atoms with Gasteiger partial charge in [-0.2, -0.15) is 17.9 Å². The first-order valence-corrected chi connectivity index (χ1v) is 12.3. The van der Waals surface area contributed by atoms with Gasteiger partial charge in [-0.15, -0.1) is 5.10 Å². The lowest BCUT2D eigenvalue weighted by atomic mass is 10.0. The molecule has 1 aliphatic heterocycles.